The number of carbonyl (C=O) groups excluding carboxylic acids is 1. The second-order valence-electron chi connectivity index (χ2n) is 4.51. The Morgan fingerprint density at radius 3 is 2.92 bits per heavy atom. The summed E-state index contributed by atoms with van der Waals surface area (Å²) in [7, 11) is 1.43. The molecule has 1 N–H and O–H groups in total. The van der Waals surface area contributed by atoms with Gasteiger partial charge in [-0.25, -0.2) is 5.43 Å². The molecule has 1 amide bonds. The first-order valence-corrected chi connectivity index (χ1v) is 6.87. The van der Waals surface area contributed by atoms with Crippen molar-refractivity contribution >= 4 is 29.2 Å². The van der Waals surface area contributed by atoms with Crippen molar-refractivity contribution in [2.75, 3.05) is 7.11 Å². The number of methoxy groups -OCH3 is 1. The molecule has 0 aliphatic rings. The summed E-state index contributed by atoms with van der Waals surface area (Å²) < 4.78 is 5.08. The number of nitrogens with one attached hydrogen (secondary N) is 1. The molecule has 24 heavy (non-hydrogen) atoms. The first-order valence-electron chi connectivity index (χ1n) is 6.50. The van der Waals surface area contributed by atoms with Crippen molar-refractivity contribution in [1.29, 1.82) is 0 Å². The maximum atomic E-state index is 12.1. The summed E-state index contributed by atoms with van der Waals surface area (Å²) >= 11 is 5.86. The number of ether oxygens (including phenoxy) is 1. The van der Waals surface area contributed by atoms with Crippen molar-refractivity contribution in [3.05, 3.63) is 38.9 Å². The van der Waals surface area contributed by atoms with E-state index in [1.54, 1.807) is 19.1 Å². The second kappa shape index (κ2) is 7.46. The number of benzene rings is 1. The van der Waals surface area contributed by atoms with E-state index in [-0.39, 0.29) is 12.1 Å². The minimum absolute atomic E-state index is 0.0216. The van der Waals surface area contributed by atoms with E-state index in [9.17, 15) is 14.9 Å². The molecule has 2 aromatic rings. The Labute approximate surface area is 140 Å². The highest BCUT2D eigenvalue weighted by molar-refractivity contribution is 6.31. The van der Waals surface area contributed by atoms with Gasteiger partial charge in [-0.15, -0.1) is 0 Å². The van der Waals surface area contributed by atoms with E-state index in [1.165, 1.54) is 13.2 Å². The number of halogens is 1. The highest BCUT2D eigenvalue weighted by atomic mass is 35.5. The predicted molar refractivity (Wildman–Crippen MR) is 83.1 cm³/mol. The molecule has 0 saturated heterocycles. The molecule has 0 fully saturated rings. The molecule has 1 heterocycles. The molecule has 2 rings (SSSR count). The number of nitrogens with zero attached hydrogens (tertiary/aromatic N) is 6. The summed E-state index contributed by atoms with van der Waals surface area (Å²) in [4.78, 5) is 22.8. The number of tetrazole rings is 1. The van der Waals surface area contributed by atoms with Crippen molar-refractivity contribution in [3.8, 4) is 5.75 Å². The highest BCUT2D eigenvalue weighted by Crippen LogP contribution is 2.22. The number of amides is 1. The molecule has 0 bridgehead atoms. The normalized spacial score (nSPS) is 11.2. The number of hydrazone groups is 1. The van der Waals surface area contributed by atoms with Crippen LogP contribution in [-0.4, -0.2) is 43.9 Å². The summed E-state index contributed by atoms with van der Waals surface area (Å²) in [6.45, 7) is 1.61. The van der Waals surface area contributed by atoms with Crippen molar-refractivity contribution < 1.29 is 14.5 Å². The van der Waals surface area contributed by atoms with Gasteiger partial charge in [-0.05, 0) is 30.0 Å². The Bertz CT molecular complexity index is 804. The molecule has 1 aromatic heterocycles. The zero-order valence-corrected chi connectivity index (χ0v) is 13.4. The lowest BCUT2D eigenvalue weighted by Crippen LogP contribution is -2.21. The van der Waals surface area contributed by atoms with Gasteiger partial charge in [0.25, 0.3) is 5.91 Å². The summed E-state index contributed by atoms with van der Waals surface area (Å²) in [5.41, 5.74) is 2.96. The van der Waals surface area contributed by atoms with Crippen LogP contribution in [0.4, 0.5) is 5.95 Å². The number of nitro groups is 1. The van der Waals surface area contributed by atoms with Crippen molar-refractivity contribution in [2.24, 2.45) is 5.10 Å². The largest absolute Gasteiger partial charge is 0.514 e. The SMILES string of the molecule is COc1ccc(Cl)cc1C(=O)NN=C(C)Cn1nnc([N+](=O)[O-])n1. The van der Waals surface area contributed by atoms with Gasteiger partial charge in [0.1, 0.15) is 12.3 Å². The average molecular weight is 354 g/mol. The predicted octanol–water partition coefficient (Wildman–Crippen LogP) is 1.05. The maximum Gasteiger partial charge on any atom is 0.514 e. The lowest BCUT2D eigenvalue weighted by atomic mass is 10.2. The van der Waals surface area contributed by atoms with Crippen LogP contribution in [0.25, 0.3) is 0 Å². The molecule has 0 aliphatic carbocycles. The Morgan fingerprint density at radius 1 is 1.54 bits per heavy atom. The van der Waals surface area contributed by atoms with Crippen LogP contribution in [-0.2, 0) is 6.54 Å². The summed E-state index contributed by atoms with van der Waals surface area (Å²) in [5.74, 6) is -0.792. The molecule has 0 spiro atoms. The van der Waals surface area contributed by atoms with Crippen molar-refractivity contribution in [3.63, 3.8) is 0 Å². The average Bonchev–Trinajstić information content (AvgIpc) is 3.01. The summed E-state index contributed by atoms with van der Waals surface area (Å²) in [5, 5.41) is 25.0. The Hall–Kier alpha value is -3.08. The number of aromatic nitrogens is 4. The van der Waals surface area contributed by atoms with Gasteiger partial charge in [-0.1, -0.05) is 16.4 Å². The van der Waals surface area contributed by atoms with Crippen LogP contribution in [0.5, 0.6) is 5.75 Å². The van der Waals surface area contributed by atoms with E-state index >= 15 is 0 Å². The van der Waals surface area contributed by atoms with Crippen LogP contribution in [0.2, 0.25) is 5.02 Å². The fourth-order valence-electron chi connectivity index (χ4n) is 1.68. The second-order valence-corrected chi connectivity index (χ2v) is 4.95. The van der Waals surface area contributed by atoms with E-state index in [0.29, 0.717) is 16.5 Å². The first-order chi connectivity index (χ1) is 11.4. The summed E-state index contributed by atoms with van der Waals surface area (Å²) in [6.07, 6.45) is 0. The van der Waals surface area contributed by atoms with Gasteiger partial charge in [0.05, 0.1) is 28.6 Å². The minimum atomic E-state index is -0.761. The lowest BCUT2D eigenvalue weighted by Gasteiger charge is -2.07. The van der Waals surface area contributed by atoms with Gasteiger partial charge in [0, 0.05) is 10.2 Å². The summed E-state index contributed by atoms with van der Waals surface area (Å²) in [6, 6.07) is 4.60. The van der Waals surface area contributed by atoms with Gasteiger partial charge in [-0.3, -0.25) is 4.79 Å². The zero-order valence-electron chi connectivity index (χ0n) is 12.6. The molecule has 12 heteroatoms. The van der Waals surface area contributed by atoms with Crippen LogP contribution in [0.3, 0.4) is 0 Å². The third-order valence-corrected chi connectivity index (χ3v) is 2.97. The zero-order chi connectivity index (χ0) is 17.7. The third-order valence-electron chi connectivity index (χ3n) is 2.73. The molecule has 0 unspecified atom stereocenters. The number of hydrogen-bond acceptors (Lipinski definition) is 8. The molecule has 0 aliphatic heterocycles. The molecule has 0 saturated carbocycles. The van der Waals surface area contributed by atoms with Gasteiger partial charge in [0.2, 0.25) is 0 Å². The number of carbonyl (C=O) groups is 1. The van der Waals surface area contributed by atoms with Crippen molar-refractivity contribution in [2.45, 2.75) is 13.5 Å². The van der Waals surface area contributed by atoms with Crippen LogP contribution < -0.4 is 10.2 Å². The molecule has 126 valence electrons. The van der Waals surface area contributed by atoms with Gasteiger partial charge >= 0.3 is 5.95 Å². The fourth-order valence-corrected chi connectivity index (χ4v) is 1.85. The van der Waals surface area contributed by atoms with E-state index in [4.69, 9.17) is 16.3 Å². The molecular weight excluding hydrogens is 342 g/mol. The van der Waals surface area contributed by atoms with Crippen LogP contribution in [0.1, 0.15) is 17.3 Å². The first kappa shape index (κ1) is 17.3. The number of hydrogen-bond donors (Lipinski definition) is 1. The van der Waals surface area contributed by atoms with Gasteiger partial charge in [-0.2, -0.15) is 5.10 Å². The van der Waals surface area contributed by atoms with Crippen LogP contribution >= 0.6 is 11.6 Å². The Balaban J connectivity index is 2.05. The Kier molecular flexibility index (Phi) is 5.37. The molecular formula is C12H12ClN7O4. The van der Waals surface area contributed by atoms with E-state index in [1.807, 2.05) is 0 Å². The van der Waals surface area contributed by atoms with E-state index in [2.05, 4.69) is 25.9 Å². The highest BCUT2D eigenvalue weighted by Gasteiger charge is 2.16. The van der Waals surface area contributed by atoms with Crippen molar-refractivity contribution in [1.82, 2.24) is 25.6 Å². The Morgan fingerprint density at radius 2 is 2.29 bits per heavy atom. The molecule has 0 atom stereocenters. The fraction of sp³-hybridized carbons (Fsp3) is 0.250. The van der Waals surface area contributed by atoms with Crippen LogP contribution in [0.15, 0.2) is 23.3 Å². The molecule has 0 radical (unpaired) electrons. The van der Waals surface area contributed by atoms with E-state index < -0.39 is 16.8 Å². The maximum absolute atomic E-state index is 12.1. The lowest BCUT2D eigenvalue weighted by molar-refractivity contribution is -0.394. The van der Waals surface area contributed by atoms with Gasteiger partial charge < -0.3 is 14.9 Å². The smallest absolute Gasteiger partial charge is 0.496 e. The van der Waals surface area contributed by atoms with E-state index in [0.717, 1.165) is 4.80 Å². The van der Waals surface area contributed by atoms with Gasteiger partial charge in [0.15, 0.2) is 0 Å². The molecule has 11 nitrogen and oxygen atoms in total. The topological polar surface area (TPSA) is 137 Å². The standard InChI is InChI=1S/C12H12ClN7O4/c1-7(6-19-17-12(16-18-19)20(22)23)14-15-11(21)9-5-8(13)3-4-10(9)24-2/h3-5H,6H2,1-2H3,(H,15,21). The molecule has 1 aromatic carbocycles. The monoisotopic (exact) mass is 353 g/mol. The minimum Gasteiger partial charge on any atom is -0.496 e. The quantitative estimate of drug-likeness (QED) is 0.465. The third kappa shape index (κ3) is 4.23. The van der Waals surface area contributed by atoms with Crippen LogP contribution in [0, 0.1) is 10.1 Å². The number of rotatable bonds is 6.